The van der Waals surface area contributed by atoms with E-state index in [9.17, 15) is 4.79 Å². The first-order valence-corrected chi connectivity index (χ1v) is 7.84. The Kier molecular flexibility index (Phi) is 4.71. The lowest BCUT2D eigenvalue weighted by Crippen LogP contribution is -2.63. The average molecular weight is 267 g/mol. The van der Waals surface area contributed by atoms with Gasteiger partial charge in [0.2, 0.25) is 0 Å². The Morgan fingerprint density at radius 3 is 2.58 bits per heavy atom. The van der Waals surface area contributed by atoms with Crippen LogP contribution in [0.5, 0.6) is 0 Å². The van der Waals surface area contributed by atoms with Gasteiger partial charge in [-0.25, -0.2) is 4.79 Å². The number of rotatable bonds is 5. The summed E-state index contributed by atoms with van der Waals surface area (Å²) in [7, 11) is 0. The molecule has 0 aromatic carbocycles. The van der Waals surface area contributed by atoms with Gasteiger partial charge in [-0.15, -0.1) is 0 Å². The topological polar surface area (TPSA) is 35.6 Å². The van der Waals surface area contributed by atoms with Gasteiger partial charge in [-0.1, -0.05) is 19.8 Å². The Morgan fingerprint density at radius 1 is 1.26 bits per heavy atom. The third-order valence-corrected chi connectivity index (χ3v) is 4.30. The second-order valence-electron chi connectivity index (χ2n) is 6.60. The van der Waals surface area contributed by atoms with Gasteiger partial charge in [-0.3, -0.25) is 4.90 Å². The molecule has 2 fully saturated rings. The minimum atomic E-state index is -0.0460. The molecule has 4 nitrogen and oxygen atoms in total. The molecule has 19 heavy (non-hydrogen) atoms. The van der Waals surface area contributed by atoms with Crippen molar-refractivity contribution in [2.24, 2.45) is 0 Å². The Labute approximate surface area is 117 Å². The Hall–Kier alpha value is -0.770. The van der Waals surface area contributed by atoms with Gasteiger partial charge in [-0.2, -0.15) is 0 Å². The van der Waals surface area contributed by atoms with Crippen molar-refractivity contribution in [3.05, 3.63) is 0 Å². The number of piperazine rings is 1. The van der Waals surface area contributed by atoms with Gasteiger partial charge in [0.25, 0.3) is 0 Å². The molecule has 1 N–H and O–H groups in total. The first-order valence-electron chi connectivity index (χ1n) is 7.84. The summed E-state index contributed by atoms with van der Waals surface area (Å²) in [5, 5.41) is 3.07. The summed E-state index contributed by atoms with van der Waals surface area (Å²) in [6.07, 6.45) is 6.17. The van der Waals surface area contributed by atoms with Crippen LogP contribution < -0.4 is 5.32 Å². The summed E-state index contributed by atoms with van der Waals surface area (Å²) in [4.78, 5) is 16.8. The maximum absolute atomic E-state index is 12.3. The number of unbranched alkanes of at least 4 members (excludes halogenated alkanes) is 2. The molecule has 1 saturated heterocycles. The fourth-order valence-electron chi connectivity index (χ4n) is 2.99. The minimum absolute atomic E-state index is 0.0460. The van der Waals surface area contributed by atoms with Crippen LogP contribution in [0, 0.1) is 0 Å². The van der Waals surface area contributed by atoms with Crippen LogP contribution in [-0.2, 0) is 0 Å². The molecule has 4 heteroatoms. The molecule has 0 spiro atoms. The number of carbonyl (C=O) groups excluding carboxylic acids is 1. The molecule has 0 aromatic heterocycles. The summed E-state index contributed by atoms with van der Waals surface area (Å²) in [5.41, 5.74) is -0.0460. The first-order chi connectivity index (χ1) is 9.04. The Balaban J connectivity index is 1.80. The minimum Gasteiger partial charge on any atom is -0.338 e. The van der Waals surface area contributed by atoms with E-state index in [0.717, 1.165) is 38.6 Å². The molecule has 2 aliphatic rings. The molecule has 0 radical (unpaired) electrons. The summed E-state index contributed by atoms with van der Waals surface area (Å²) >= 11 is 0. The second-order valence-corrected chi connectivity index (χ2v) is 6.60. The van der Waals surface area contributed by atoms with Crippen LogP contribution in [0.1, 0.15) is 52.9 Å². The van der Waals surface area contributed by atoms with Crippen LogP contribution in [-0.4, -0.2) is 53.6 Å². The zero-order valence-electron chi connectivity index (χ0n) is 12.7. The van der Waals surface area contributed by atoms with Crippen molar-refractivity contribution in [1.29, 1.82) is 0 Å². The highest BCUT2D eigenvalue weighted by atomic mass is 16.2. The van der Waals surface area contributed by atoms with Gasteiger partial charge in [0.15, 0.2) is 0 Å². The van der Waals surface area contributed by atoms with Crippen molar-refractivity contribution in [3.63, 3.8) is 0 Å². The average Bonchev–Trinajstić information content (AvgIpc) is 3.17. The molecule has 1 heterocycles. The van der Waals surface area contributed by atoms with Crippen molar-refractivity contribution < 1.29 is 4.79 Å². The SMILES string of the molecule is CCCCCNC(=O)N1CCN(C2CC2)CC1(C)C. The smallest absolute Gasteiger partial charge is 0.317 e. The van der Waals surface area contributed by atoms with Crippen LogP contribution in [0.3, 0.4) is 0 Å². The summed E-state index contributed by atoms with van der Waals surface area (Å²) in [6, 6.07) is 0.922. The monoisotopic (exact) mass is 267 g/mol. The molecule has 0 bridgehead atoms. The molecule has 2 rings (SSSR count). The fourth-order valence-corrected chi connectivity index (χ4v) is 2.99. The molecule has 0 atom stereocenters. The number of hydrogen-bond donors (Lipinski definition) is 1. The van der Waals surface area contributed by atoms with E-state index >= 15 is 0 Å². The second kappa shape index (κ2) is 6.12. The van der Waals surface area contributed by atoms with Crippen molar-refractivity contribution in [2.75, 3.05) is 26.2 Å². The van der Waals surface area contributed by atoms with Crippen LogP contribution in [0.15, 0.2) is 0 Å². The van der Waals surface area contributed by atoms with E-state index in [0.29, 0.717) is 0 Å². The van der Waals surface area contributed by atoms with Crippen molar-refractivity contribution >= 4 is 6.03 Å². The van der Waals surface area contributed by atoms with Gasteiger partial charge < -0.3 is 10.2 Å². The molecular formula is C15H29N3O. The number of hydrogen-bond acceptors (Lipinski definition) is 2. The van der Waals surface area contributed by atoms with Gasteiger partial charge in [0, 0.05) is 32.2 Å². The normalized spacial score (nSPS) is 23.4. The van der Waals surface area contributed by atoms with E-state index in [2.05, 4.69) is 31.0 Å². The molecule has 1 aliphatic carbocycles. The summed E-state index contributed by atoms with van der Waals surface area (Å²) in [5.74, 6) is 0. The molecule has 1 saturated carbocycles. The van der Waals surface area contributed by atoms with E-state index in [1.54, 1.807) is 0 Å². The van der Waals surface area contributed by atoms with E-state index < -0.39 is 0 Å². The molecule has 110 valence electrons. The van der Waals surface area contributed by atoms with E-state index in [1.165, 1.54) is 25.7 Å². The lowest BCUT2D eigenvalue weighted by Gasteiger charge is -2.47. The predicted octanol–water partition coefficient (Wildman–Crippen LogP) is 2.44. The standard InChI is InChI=1S/C15H29N3O/c1-4-5-6-9-16-14(19)18-11-10-17(13-7-8-13)12-15(18,2)3/h13H,4-12H2,1-3H3,(H,16,19). The number of urea groups is 1. The molecular weight excluding hydrogens is 238 g/mol. The summed E-state index contributed by atoms with van der Waals surface area (Å²) in [6.45, 7) is 10.3. The largest absolute Gasteiger partial charge is 0.338 e. The molecule has 2 amide bonds. The van der Waals surface area contributed by atoms with Crippen LogP contribution in [0.4, 0.5) is 4.79 Å². The van der Waals surface area contributed by atoms with Gasteiger partial charge in [-0.05, 0) is 33.1 Å². The molecule has 0 unspecified atom stereocenters. The highest BCUT2D eigenvalue weighted by molar-refractivity contribution is 5.75. The van der Waals surface area contributed by atoms with E-state index in [1.807, 2.05) is 4.90 Å². The molecule has 0 aromatic rings. The number of nitrogens with one attached hydrogen (secondary N) is 1. The third kappa shape index (κ3) is 3.85. The van der Waals surface area contributed by atoms with Crippen LogP contribution in [0.25, 0.3) is 0 Å². The van der Waals surface area contributed by atoms with Crippen molar-refractivity contribution in [3.8, 4) is 0 Å². The number of carbonyl (C=O) groups is 1. The van der Waals surface area contributed by atoms with Crippen LogP contribution >= 0.6 is 0 Å². The summed E-state index contributed by atoms with van der Waals surface area (Å²) < 4.78 is 0. The predicted molar refractivity (Wildman–Crippen MR) is 78.3 cm³/mol. The first kappa shape index (κ1) is 14.6. The van der Waals surface area contributed by atoms with Gasteiger partial charge in [0.1, 0.15) is 0 Å². The van der Waals surface area contributed by atoms with Crippen molar-refractivity contribution in [2.45, 2.75) is 64.5 Å². The lowest BCUT2D eigenvalue weighted by molar-refractivity contribution is 0.0425. The Bertz CT molecular complexity index is 313. The van der Waals surface area contributed by atoms with Gasteiger partial charge >= 0.3 is 6.03 Å². The van der Waals surface area contributed by atoms with Crippen LogP contribution in [0.2, 0.25) is 0 Å². The number of nitrogens with zero attached hydrogens (tertiary/aromatic N) is 2. The lowest BCUT2D eigenvalue weighted by atomic mass is 9.99. The maximum atomic E-state index is 12.3. The number of amides is 2. The highest BCUT2D eigenvalue weighted by Gasteiger charge is 2.41. The fraction of sp³-hybridized carbons (Fsp3) is 0.933. The zero-order valence-corrected chi connectivity index (χ0v) is 12.7. The quantitative estimate of drug-likeness (QED) is 0.777. The Morgan fingerprint density at radius 2 is 2.00 bits per heavy atom. The van der Waals surface area contributed by atoms with E-state index in [4.69, 9.17) is 0 Å². The third-order valence-electron chi connectivity index (χ3n) is 4.30. The highest BCUT2D eigenvalue weighted by Crippen LogP contribution is 2.31. The van der Waals surface area contributed by atoms with E-state index in [-0.39, 0.29) is 11.6 Å². The van der Waals surface area contributed by atoms with Gasteiger partial charge in [0.05, 0.1) is 5.54 Å². The maximum Gasteiger partial charge on any atom is 0.317 e. The zero-order chi connectivity index (χ0) is 13.9. The van der Waals surface area contributed by atoms with Crippen molar-refractivity contribution in [1.82, 2.24) is 15.1 Å². The molecule has 1 aliphatic heterocycles.